The first kappa shape index (κ1) is 23.9. The topological polar surface area (TPSA) is 49.4 Å². The number of hydrogen-bond acceptors (Lipinski definition) is 3. The number of thioether (sulfide) groups is 1. The van der Waals surface area contributed by atoms with E-state index in [1.165, 1.54) is 11.1 Å². The van der Waals surface area contributed by atoms with Crippen molar-refractivity contribution in [2.45, 2.75) is 63.9 Å². The highest BCUT2D eigenvalue weighted by atomic mass is 79.9. The Kier molecular flexibility index (Phi) is 9.02. The van der Waals surface area contributed by atoms with Crippen LogP contribution in [0.2, 0.25) is 0 Å². The Morgan fingerprint density at radius 3 is 2.32 bits per heavy atom. The number of carbonyl (C=O) groups is 2. The van der Waals surface area contributed by atoms with Crippen molar-refractivity contribution in [3.63, 3.8) is 0 Å². The average Bonchev–Trinajstić information content (AvgIpc) is 3.27. The number of carbonyl (C=O) groups excluding carboxylic acids is 2. The Morgan fingerprint density at radius 2 is 1.68 bits per heavy atom. The second-order valence-corrected chi connectivity index (χ2v) is 10.2. The van der Waals surface area contributed by atoms with Crippen LogP contribution in [-0.2, 0) is 21.9 Å². The first-order valence-corrected chi connectivity index (χ1v) is 12.8. The summed E-state index contributed by atoms with van der Waals surface area (Å²) >= 11 is 5.03. The van der Waals surface area contributed by atoms with Crippen LogP contribution in [-0.4, -0.2) is 34.6 Å². The summed E-state index contributed by atoms with van der Waals surface area (Å²) in [4.78, 5) is 27.8. The average molecular weight is 504 g/mol. The predicted octanol–water partition coefficient (Wildman–Crippen LogP) is 5.47. The molecular weight excluding hydrogens is 472 g/mol. The maximum atomic E-state index is 13.2. The number of hydrogen-bond donors (Lipinski definition) is 1. The number of rotatable bonds is 9. The molecule has 0 aliphatic heterocycles. The van der Waals surface area contributed by atoms with Crippen LogP contribution in [0.4, 0.5) is 0 Å². The van der Waals surface area contributed by atoms with Crippen LogP contribution in [0, 0.1) is 6.92 Å². The van der Waals surface area contributed by atoms with Gasteiger partial charge in [0.15, 0.2) is 0 Å². The van der Waals surface area contributed by atoms with Gasteiger partial charge in [-0.05, 0) is 49.9 Å². The molecule has 2 amide bonds. The molecule has 1 N–H and O–H groups in total. The van der Waals surface area contributed by atoms with E-state index < -0.39 is 6.04 Å². The zero-order valence-electron chi connectivity index (χ0n) is 18.3. The van der Waals surface area contributed by atoms with E-state index in [1.807, 2.05) is 50.2 Å². The van der Waals surface area contributed by atoms with Crippen molar-refractivity contribution >= 4 is 39.5 Å². The summed E-state index contributed by atoms with van der Waals surface area (Å²) in [6.07, 6.45) is 4.40. The van der Waals surface area contributed by atoms with Crippen LogP contribution >= 0.6 is 27.7 Å². The number of benzene rings is 2. The first-order chi connectivity index (χ1) is 14.9. The molecule has 31 heavy (non-hydrogen) atoms. The Morgan fingerprint density at radius 1 is 1.06 bits per heavy atom. The van der Waals surface area contributed by atoms with Gasteiger partial charge in [-0.3, -0.25) is 9.59 Å². The Bertz CT molecular complexity index is 864. The molecule has 0 heterocycles. The molecular formula is C25H31BrN2O2S. The van der Waals surface area contributed by atoms with E-state index in [1.54, 1.807) is 16.7 Å². The summed E-state index contributed by atoms with van der Waals surface area (Å²) in [7, 11) is 0. The predicted molar refractivity (Wildman–Crippen MR) is 132 cm³/mol. The van der Waals surface area contributed by atoms with Gasteiger partial charge in [-0.25, -0.2) is 0 Å². The Balaban J connectivity index is 1.64. The molecule has 0 saturated heterocycles. The van der Waals surface area contributed by atoms with Crippen molar-refractivity contribution in [2.24, 2.45) is 0 Å². The van der Waals surface area contributed by atoms with Crippen molar-refractivity contribution < 1.29 is 9.59 Å². The highest BCUT2D eigenvalue weighted by Crippen LogP contribution is 2.20. The molecule has 166 valence electrons. The lowest BCUT2D eigenvalue weighted by atomic mass is 10.1. The molecule has 1 atom stereocenters. The maximum absolute atomic E-state index is 13.2. The van der Waals surface area contributed by atoms with Gasteiger partial charge in [0.1, 0.15) is 6.04 Å². The van der Waals surface area contributed by atoms with Gasteiger partial charge in [0.05, 0.1) is 5.75 Å². The zero-order valence-corrected chi connectivity index (χ0v) is 20.7. The third-order valence-electron chi connectivity index (χ3n) is 5.75. The summed E-state index contributed by atoms with van der Waals surface area (Å²) in [5.41, 5.74) is 3.40. The number of nitrogens with one attached hydrogen (secondary N) is 1. The molecule has 1 fully saturated rings. The number of nitrogens with zero attached hydrogens (tertiary/aromatic N) is 1. The molecule has 2 aromatic carbocycles. The van der Waals surface area contributed by atoms with Crippen molar-refractivity contribution in [1.29, 1.82) is 0 Å². The second kappa shape index (κ2) is 11.7. The number of aryl methyl sites for hydroxylation is 1. The molecule has 1 aliphatic rings. The Hall–Kier alpha value is -1.79. The van der Waals surface area contributed by atoms with E-state index in [9.17, 15) is 9.59 Å². The molecule has 0 aromatic heterocycles. The zero-order chi connectivity index (χ0) is 22.2. The van der Waals surface area contributed by atoms with Crippen molar-refractivity contribution in [1.82, 2.24) is 10.2 Å². The molecule has 0 unspecified atom stereocenters. The summed E-state index contributed by atoms with van der Waals surface area (Å²) in [5, 5.41) is 3.15. The fraction of sp³-hybridized carbons (Fsp3) is 0.440. The van der Waals surface area contributed by atoms with Crippen LogP contribution in [0.25, 0.3) is 0 Å². The van der Waals surface area contributed by atoms with Gasteiger partial charge >= 0.3 is 0 Å². The van der Waals surface area contributed by atoms with E-state index in [0.29, 0.717) is 12.3 Å². The van der Waals surface area contributed by atoms with Gasteiger partial charge < -0.3 is 10.2 Å². The molecule has 0 bridgehead atoms. The van der Waals surface area contributed by atoms with E-state index in [4.69, 9.17) is 0 Å². The lowest BCUT2D eigenvalue weighted by molar-refractivity contribution is -0.138. The summed E-state index contributed by atoms with van der Waals surface area (Å²) < 4.78 is 1.05. The van der Waals surface area contributed by atoms with E-state index in [0.717, 1.165) is 41.5 Å². The van der Waals surface area contributed by atoms with Crippen LogP contribution < -0.4 is 5.32 Å². The van der Waals surface area contributed by atoms with E-state index >= 15 is 0 Å². The fourth-order valence-electron chi connectivity index (χ4n) is 3.78. The molecule has 1 saturated carbocycles. The standard InChI is InChI=1S/C25H31BrN2O2S/c1-18-7-9-20(10-8-18)15-28(19(2)25(30)27-23-5-3-4-6-23)24(29)17-31-16-21-11-13-22(26)14-12-21/h7-14,19,23H,3-6,15-17H2,1-2H3,(H,27,30)/t19-/m0/s1. The van der Waals surface area contributed by atoms with Crippen molar-refractivity contribution in [3.8, 4) is 0 Å². The summed E-state index contributed by atoms with van der Waals surface area (Å²) in [6, 6.07) is 16.0. The lowest BCUT2D eigenvalue weighted by Gasteiger charge is -2.29. The number of amides is 2. The normalized spacial score (nSPS) is 14.9. The van der Waals surface area contributed by atoms with Gasteiger partial charge in [-0.1, -0.05) is 70.7 Å². The minimum Gasteiger partial charge on any atom is -0.352 e. The van der Waals surface area contributed by atoms with Crippen molar-refractivity contribution in [3.05, 3.63) is 69.7 Å². The molecule has 6 heteroatoms. The monoisotopic (exact) mass is 502 g/mol. The van der Waals surface area contributed by atoms with Crippen molar-refractivity contribution in [2.75, 3.05) is 5.75 Å². The highest BCUT2D eigenvalue weighted by Gasteiger charge is 2.28. The molecule has 4 nitrogen and oxygen atoms in total. The first-order valence-electron chi connectivity index (χ1n) is 10.9. The van der Waals surface area contributed by atoms with Gasteiger partial charge in [0, 0.05) is 22.8 Å². The van der Waals surface area contributed by atoms with Crippen LogP contribution in [0.3, 0.4) is 0 Å². The molecule has 2 aromatic rings. The smallest absolute Gasteiger partial charge is 0.242 e. The van der Waals surface area contributed by atoms with Gasteiger partial charge in [0.2, 0.25) is 11.8 Å². The van der Waals surface area contributed by atoms with Crippen LogP contribution in [0.5, 0.6) is 0 Å². The third kappa shape index (κ3) is 7.39. The van der Waals surface area contributed by atoms with Crippen LogP contribution in [0.15, 0.2) is 53.0 Å². The summed E-state index contributed by atoms with van der Waals surface area (Å²) in [5.74, 6) is 1.06. The fourth-order valence-corrected chi connectivity index (χ4v) is 4.92. The SMILES string of the molecule is Cc1ccc(CN(C(=O)CSCc2ccc(Br)cc2)[C@@H](C)C(=O)NC2CCCC2)cc1. The maximum Gasteiger partial charge on any atom is 0.242 e. The summed E-state index contributed by atoms with van der Waals surface area (Å²) in [6.45, 7) is 4.33. The second-order valence-electron chi connectivity index (χ2n) is 8.29. The van der Waals surface area contributed by atoms with Crippen LogP contribution in [0.1, 0.15) is 49.3 Å². The highest BCUT2D eigenvalue weighted by molar-refractivity contribution is 9.10. The van der Waals surface area contributed by atoms with Gasteiger partial charge in [-0.2, -0.15) is 0 Å². The molecule has 1 aliphatic carbocycles. The molecule has 0 radical (unpaired) electrons. The minimum absolute atomic E-state index is 0.00300. The lowest BCUT2D eigenvalue weighted by Crippen LogP contribution is -2.50. The molecule has 3 rings (SSSR count). The number of halogens is 1. The quantitative estimate of drug-likeness (QED) is 0.494. The third-order valence-corrected chi connectivity index (χ3v) is 7.27. The van der Waals surface area contributed by atoms with E-state index in [-0.39, 0.29) is 17.9 Å². The minimum atomic E-state index is -0.498. The van der Waals surface area contributed by atoms with Gasteiger partial charge in [-0.15, -0.1) is 11.8 Å². The van der Waals surface area contributed by atoms with E-state index in [2.05, 4.69) is 33.4 Å². The van der Waals surface area contributed by atoms with Gasteiger partial charge in [0.25, 0.3) is 0 Å². The Labute approximate surface area is 198 Å². The largest absolute Gasteiger partial charge is 0.352 e. The molecule has 0 spiro atoms.